The summed E-state index contributed by atoms with van der Waals surface area (Å²) in [5.74, 6) is 0. The van der Waals surface area contributed by atoms with Gasteiger partial charge in [0, 0.05) is 18.6 Å². The van der Waals surface area contributed by atoms with Gasteiger partial charge in [-0.05, 0) is 20.8 Å². The van der Waals surface area contributed by atoms with Gasteiger partial charge in [-0.1, -0.05) is 0 Å². The lowest BCUT2D eigenvalue weighted by Crippen LogP contribution is -2.07. The van der Waals surface area contributed by atoms with Crippen molar-refractivity contribution in [3.63, 3.8) is 0 Å². The van der Waals surface area contributed by atoms with E-state index < -0.39 is 0 Å². The molecular weight excluding hydrogens is 220 g/mol. The van der Waals surface area contributed by atoms with Crippen LogP contribution in [0.15, 0.2) is 11.6 Å². The van der Waals surface area contributed by atoms with E-state index in [4.69, 9.17) is 0 Å². The SMILES string of the molecule is Cc1nn(C)c(C)c1NC(C)c1nccs1. The van der Waals surface area contributed by atoms with Crippen LogP contribution in [-0.2, 0) is 7.05 Å². The van der Waals surface area contributed by atoms with Gasteiger partial charge in [0.2, 0.25) is 0 Å². The number of thiazole rings is 1. The first-order valence-corrected chi connectivity index (χ1v) is 6.13. The van der Waals surface area contributed by atoms with Gasteiger partial charge >= 0.3 is 0 Å². The summed E-state index contributed by atoms with van der Waals surface area (Å²) in [6.45, 7) is 6.20. The Balaban J connectivity index is 2.21. The number of nitrogens with zero attached hydrogens (tertiary/aromatic N) is 3. The van der Waals surface area contributed by atoms with E-state index in [1.54, 1.807) is 11.3 Å². The third-order valence-corrected chi connectivity index (χ3v) is 3.65. The molecule has 0 bridgehead atoms. The maximum Gasteiger partial charge on any atom is 0.115 e. The lowest BCUT2D eigenvalue weighted by atomic mass is 10.2. The van der Waals surface area contributed by atoms with Crippen LogP contribution in [0.5, 0.6) is 0 Å². The molecule has 4 nitrogen and oxygen atoms in total. The zero-order chi connectivity index (χ0) is 11.7. The number of aromatic nitrogens is 3. The van der Waals surface area contributed by atoms with Crippen molar-refractivity contribution in [2.45, 2.75) is 26.8 Å². The molecule has 0 radical (unpaired) electrons. The molecule has 0 fully saturated rings. The Morgan fingerprint density at radius 3 is 2.69 bits per heavy atom. The number of hydrogen-bond acceptors (Lipinski definition) is 4. The van der Waals surface area contributed by atoms with Crippen LogP contribution >= 0.6 is 11.3 Å². The number of rotatable bonds is 3. The number of aryl methyl sites for hydroxylation is 2. The smallest absolute Gasteiger partial charge is 0.115 e. The molecule has 0 aliphatic carbocycles. The molecule has 16 heavy (non-hydrogen) atoms. The van der Waals surface area contributed by atoms with Crippen LogP contribution in [0.25, 0.3) is 0 Å². The Morgan fingerprint density at radius 1 is 1.44 bits per heavy atom. The second-order valence-electron chi connectivity index (χ2n) is 3.91. The van der Waals surface area contributed by atoms with E-state index >= 15 is 0 Å². The molecular formula is C11H16N4S. The highest BCUT2D eigenvalue weighted by molar-refractivity contribution is 7.09. The monoisotopic (exact) mass is 236 g/mol. The minimum absolute atomic E-state index is 0.224. The highest BCUT2D eigenvalue weighted by Gasteiger charge is 2.14. The normalized spacial score (nSPS) is 12.8. The summed E-state index contributed by atoms with van der Waals surface area (Å²) in [5.41, 5.74) is 3.30. The van der Waals surface area contributed by atoms with Crippen LogP contribution < -0.4 is 5.32 Å². The molecule has 2 rings (SSSR count). The Bertz CT molecular complexity index is 472. The molecule has 5 heteroatoms. The van der Waals surface area contributed by atoms with Crippen molar-refractivity contribution in [1.82, 2.24) is 14.8 Å². The Hall–Kier alpha value is -1.36. The van der Waals surface area contributed by atoms with Gasteiger partial charge in [0.1, 0.15) is 5.01 Å². The molecule has 2 aromatic heterocycles. The molecule has 1 atom stereocenters. The molecule has 0 aliphatic heterocycles. The lowest BCUT2D eigenvalue weighted by molar-refractivity contribution is 0.731. The van der Waals surface area contributed by atoms with Gasteiger partial charge in [-0.2, -0.15) is 5.10 Å². The van der Waals surface area contributed by atoms with E-state index in [2.05, 4.69) is 29.2 Å². The summed E-state index contributed by atoms with van der Waals surface area (Å²) >= 11 is 1.67. The summed E-state index contributed by atoms with van der Waals surface area (Å²) in [5, 5.41) is 10.9. The van der Waals surface area contributed by atoms with Gasteiger partial charge in [-0.25, -0.2) is 4.98 Å². The first kappa shape index (κ1) is 11.1. The quantitative estimate of drug-likeness (QED) is 0.891. The molecule has 0 saturated heterocycles. The van der Waals surface area contributed by atoms with Gasteiger partial charge < -0.3 is 5.32 Å². The second kappa shape index (κ2) is 4.25. The van der Waals surface area contributed by atoms with Crippen LogP contribution in [-0.4, -0.2) is 14.8 Å². The summed E-state index contributed by atoms with van der Waals surface area (Å²) in [6, 6.07) is 0.224. The first-order valence-electron chi connectivity index (χ1n) is 5.25. The van der Waals surface area contributed by atoms with Crippen LogP contribution in [0.2, 0.25) is 0 Å². The average molecular weight is 236 g/mol. The average Bonchev–Trinajstić information content (AvgIpc) is 2.83. The summed E-state index contributed by atoms with van der Waals surface area (Å²) in [6.07, 6.45) is 1.83. The number of nitrogens with one attached hydrogen (secondary N) is 1. The van der Waals surface area contributed by atoms with Crippen molar-refractivity contribution in [2.24, 2.45) is 7.05 Å². The zero-order valence-electron chi connectivity index (χ0n) is 9.98. The molecule has 2 aromatic rings. The lowest BCUT2D eigenvalue weighted by Gasteiger charge is -2.12. The van der Waals surface area contributed by atoms with Crippen molar-refractivity contribution >= 4 is 17.0 Å². The van der Waals surface area contributed by atoms with Gasteiger partial charge in [-0.15, -0.1) is 11.3 Å². The minimum Gasteiger partial charge on any atom is -0.373 e. The standard InChI is InChI=1S/C11H16N4S/c1-7-10(9(3)15(4)14-7)13-8(2)11-12-5-6-16-11/h5-6,8,13H,1-4H3. The molecule has 0 aliphatic rings. The van der Waals surface area contributed by atoms with Crippen molar-refractivity contribution in [2.75, 3.05) is 5.32 Å². The van der Waals surface area contributed by atoms with Crippen LogP contribution in [0, 0.1) is 13.8 Å². The van der Waals surface area contributed by atoms with E-state index in [9.17, 15) is 0 Å². The summed E-state index contributed by atoms with van der Waals surface area (Å²) in [4.78, 5) is 4.31. The molecule has 1 N–H and O–H groups in total. The first-order chi connectivity index (χ1) is 7.59. The Kier molecular flexibility index (Phi) is 2.96. The summed E-state index contributed by atoms with van der Waals surface area (Å²) < 4.78 is 1.90. The fourth-order valence-corrected chi connectivity index (χ4v) is 2.35. The molecule has 0 spiro atoms. The van der Waals surface area contributed by atoms with Crippen molar-refractivity contribution < 1.29 is 0 Å². The van der Waals surface area contributed by atoms with E-state index in [1.807, 2.05) is 30.2 Å². The van der Waals surface area contributed by atoms with Crippen LogP contribution in [0.1, 0.15) is 29.4 Å². The van der Waals surface area contributed by atoms with E-state index in [0.29, 0.717) is 0 Å². The van der Waals surface area contributed by atoms with E-state index in [-0.39, 0.29) is 6.04 Å². The van der Waals surface area contributed by atoms with Crippen molar-refractivity contribution in [1.29, 1.82) is 0 Å². The van der Waals surface area contributed by atoms with Gasteiger partial charge in [0.15, 0.2) is 0 Å². The topological polar surface area (TPSA) is 42.7 Å². The highest BCUT2D eigenvalue weighted by Crippen LogP contribution is 2.25. The second-order valence-corrected chi connectivity index (χ2v) is 4.83. The summed E-state index contributed by atoms with van der Waals surface area (Å²) in [7, 11) is 1.96. The fraction of sp³-hybridized carbons (Fsp3) is 0.455. The molecule has 1 unspecified atom stereocenters. The predicted molar refractivity (Wildman–Crippen MR) is 66.8 cm³/mol. The third-order valence-electron chi connectivity index (χ3n) is 2.69. The third kappa shape index (κ3) is 1.95. The molecule has 86 valence electrons. The van der Waals surface area contributed by atoms with Crippen LogP contribution in [0.4, 0.5) is 5.69 Å². The Labute approximate surface area is 99.3 Å². The van der Waals surface area contributed by atoms with E-state index in [0.717, 1.165) is 22.1 Å². The molecule has 0 aromatic carbocycles. The number of anilines is 1. The minimum atomic E-state index is 0.224. The number of hydrogen-bond donors (Lipinski definition) is 1. The maximum atomic E-state index is 4.38. The Morgan fingerprint density at radius 2 is 2.19 bits per heavy atom. The van der Waals surface area contributed by atoms with Crippen molar-refractivity contribution in [3.05, 3.63) is 28.0 Å². The molecule has 0 amide bonds. The van der Waals surface area contributed by atoms with Gasteiger partial charge in [-0.3, -0.25) is 4.68 Å². The fourth-order valence-electron chi connectivity index (χ4n) is 1.71. The largest absolute Gasteiger partial charge is 0.373 e. The van der Waals surface area contributed by atoms with Crippen molar-refractivity contribution in [3.8, 4) is 0 Å². The van der Waals surface area contributed by atoms with Gasteiger partial charge in [0.25, 0.3) is 0 Å². The highest BCUT2D eigenvalue weighted by atomic mass is 32.1. The van der Waals surface area contributed by atoms with Gasteiger partial charge in [0.05, 0.1) is 23.1 Å². The van der Waals surface area contributed by atoms with E-state index in [1.165, 1.54) is 0 Å². The maximum absolute atomic E-state index is 4.38. The zero-order valence-corrected chi connectivity index (χ0v) is 10.8. The van der Waals surface area contributed by atoms with Crippen LogP contribution in [0.3, 0.4) is 0 Å². The molecule has 2 heterocycles. The predicted octanol–water partition coefficient (Wildman–Crippen LogP) is 2.67. The molecule has 0 saturated carbocycles.